The number of hydrogen-bond acceptors (Lipinski definition) is 2. The topological polar surface area (TPSA) is 80.4 Å². The van der Waals surface area contributed by atoms with Crippen LogP contribution in [0.3, 0.4) is 0 Å². The van der Waals surface area contributed by atoms with Gasteiger partial charge in [0, 0.05) is 11.5 Å². The molecular weight excluding hydrogens is 254 g/mol. The van der Waals surface area contributed by atoms with Gasteiger partial charge >= 0.3 is 5.97 Å². The molecule has 0 aliphatic rings. The zero-order chi connectivity index (χ0) is 14.5. The monoisotopic (exact) mass is 269 g/mol. The van der Waals surface area contributed by atoms with Crippen molar-refractivity contribution in [3.05, 3.63) is 71.3 Å². The molecule has 0 bridgehead atoms. The fraction of sp³-hybridized carbons (Fsp3) is 0.125. The molecule has 0 fully saturated rings. The fourth-order valence-electron chi connectivity index (χ4n) is 2.17. The number of carbonyl (C=O) groups is 2. The largest absolute Gasteiger partial charge is 0.481 e. The number of hydrogen-bond donors (Lipinski definition) is 2. The Morgan fingerprint density at radius 3 is 2.00 bits per heavy atom. The maximum atomic E-state index is 11.1. The smallest absolute Gasteiger partial charge is 0.304 e. The Morgan fingerprint density at radius 2 is 1.50 bits per heavy atom. The number of carboxylic acid groups (broad SMARTS) is 1. The fourth-order valence-corrected chi connectivity index (χ4v) is 2.17. The van der Waals surface area contributed by atoms with E-state index in [-0.39, 0.29) is 12.3 Å². The lowest BCUT2D eigenvalue weighted by Gasteiger charge is -2.16. The van der Waals surface area contributed by atoms with Crippen LogP contribution in [-0.4, -0.2) is 17.0 Å². The summed E-state index contributed by atoms with van der Waals surface area (Å²) < 4.78 is 0. The maximum absolute atomic E-state index is 11.1. The summed E-state index contributed by atoms with van der Waals surface area (Å²) in [5, 5.41) is 9.08. The molecule has 2 rings (SSSR count). The maximum Gasteiger partial charge on any atom is 0.304 e. The van der Waals surface area contributed by atoms with Gasteiger partial charge in [-0.05, 0) is 23.3 Å². The van der Waals surface area contributed by atoms with E-state index in [9.17, 15) is 9.59 Å². The first-order chi connectivity index (χ1) is 9.58. The lowest BCUT2D eigenvalue weighted by atomic mass is 9.88. The molecule has 0 saturated carbocycles. The van der Waals surface area contributed by atoms with E-state index < -0.39 is 11.9 Å². The molecule has 4 heteroatoms. The van der Waals surface area contributed by atoms with E-state index >= 15 is 0 Å². The molecule has 0 aliphatic heterocycles. The van der Waals surface area contributed by atoms with Crippen molar-refractivity contribution in [3.63, 3.8) is 0 Å². The second-order valence-electron chi connectivity index (χ2n) is 4.55. The van der Waals surface area contributed by atoms with Crippen LogP contribution < -0.4 is 5.73 Å². The summed E-state index contributed by atoms with van der Waals surface area (Å²) >= 11 is 0. The van der Waals surface area contributed by atoms with Gasteiger partial charge in [-0.3, -0.25) is 9.59 Å². The van der Waals surface area contributed by atoms with Crippen molar-refractivity contribution < 1.29 is 14.7 Å². The number of rotatable bonds is 5. The summed E-state index contributed by atoms with van der Waals surface area (Å²) in [4.78, 5) is 22.1. The molecule has 20 heavy (non-hydrogen) atoms. The molecule has 3 N–H and O–H groups in total. The van der Waals surface area contributed by atoms with Gasteiger partial charge in [-0.1, -0.05) is 42.5 Å². The van der Waals surface area contributed by atoms with Crippen LogP contribution in [0.1, 0.15) is 33.8 Å². The van der Waals surface area contributed by atoms with Gasteiger partial charge in [-0.2, -0.15) is 0 Å². The van der Waals surface area contributed by atoms with Crippen molar-refractivity contribution in [2.75, 3.05) is 0 Å². The van der Waals surface area contributed by atoms with E-state index in [0.717, 1.165) is 11.1 Å². The minimum Gasteiger partial charge on any atom is -0.481 e. The van der Waals surface area contributed by atoms with E-state index in [1.807, 2.05) is 30.3 Å². The van der Waals surface area contributed by atoms with Gasteiger partial charge in [0.1, 0.15) is 0 Å². The predicted octanol–water partition coefficient (Wildman–Crippen LogP) is 2.39. The molecule has 0 aromatic heterocycles. The average Bonchev–Trinajstić information content (AvgIpc) is 2.45. The highest BCUT2D eigenvalue weighted by Gasteiger charge is 2.17. The second-order valence-corrected chi connectivity index (χ2v) is 4.55. The molecule has 2 aromatic rings. The van der Waals surface area contributed by atoms with Crippen LogP contribution in [0.4, 0.5) is 0 Å². The van der Waals surface area contributed by atoms with Crippen LogP contribution in [0.25, 0.3) is 0 Å². The summed E-state index contributed by atoms with van der Waals surface area (Å²) in [5.74, 6) is -1.60. The number of carboxylic acids is 1. The van der Waals surface area contributed by atoms with Crippen molar-refractivity contribution in [1.29, 1.82) is 0 Å². The van der Waals surface area contributed by atoms with E-state index in [2.05, 4.69) is 0 Å². The third-order valence-electron chi connectivity index (χ3n) is 3.18. The molecule has 1 atom stereocenters. The lowest BCUT2D eigenvalue weighted by Crippen LogP contribution is -2.12. The van der Waals surface area contributed by atoms with Gasteiger partial charge in [-0.15, -0.1) is 0 Å². The highest BCUT2D eigenvalue weighted by Crippen LogP contribution is 2.28. The van der Waals surface area contributed by atoms with Gasteiger partial charge in [0.15, 0.2) is 0 Å². The number of amides is 1. The molecule has 0 spiro atoms. The Kier molecular flexibility index (Phi) is 4.15. The van der Waals surface area contributed by atoms with Gasteiger partial charge in [-0.25, -0.2) is 0 Å². The van der Waals surface area contributed by atoms with Crippen molar-refractivity contribution in [3.8, 4) is 0 Å². The van der Waals surface area contributed by atoms with Crippen molar-refractivity contribution in [2.45, 2.75) is 12.3 Å². The molecular formula is C16H15NO3. The Hall–Kier alpha value is -2.62. The van der Waals surface area contributed by atoms with E-state index in [1.54, 1.807) is 24.3 Å². The van der Waals surface area contributed by atoms with E-state index in [4.69, 9.17) is 10.8 Å². The molecule has 0 heterocycles. The number of benzene rings is 2. The van der Waals surface area contributed by atoms with E-state index in [1.165, 1.54) is 0 Å². The number of aliphatic carboxylic acids is 1. The summed E-state index contributed by atoms with van der Waals surface area (Å²) in [7, 11) is 0. The van der Waals surface area contributed by atoms with Crippen molar-refractivity contribution in [1.82, 2.24) is 0 Å². The van der Waals surface area contributed by atoms with Crippen LogP contribution in [0.2, 0.25) is 0 Å². The number of primary amides is 1. The third kappa shape index (κ3) is 3.23. The first kappa shape index (κ1) is 13.8. The summed E-state index contributed by atoms with van der Waals surface area (Å²) in [6, 6.07) is 16.2. The predicted molar refractivity (Wildman–Crippen MR) is 75.5 cm³/mol. The first-order valence-electron chi connectivity index (χ1n) is 6.24. The Labute approximate surface area is 116 Å². The van der Waals surface area contributed by atoms with Crippen molar-refractivity contribution in [2.24, 2.45) is 5.73 Å². The lowest BCUT2D eigenvalue weighted by molar-refractivity contribution is -0.137. The van der Waals surface area contributed by atoms with Gasteiger partial charge in [0.05, 0.1) is 6.42 Å². The molecule has 1 amide bonds. The summed E-state index contributed by atoms with van der Waals surface area (Å²) in [5.41, 5.74) is 7.39. The highest BCUT2D eigenvalue weighted by atomic mass is 16.4. The zero-order valence-corrected chi connectivity index (χ0v) is 10.8. The van der Waals surface area contributed by atoms with Crippen molar-refractivity contribution >= 4 is 11.9 Å². The van der Waals surface area contributed by atoms with Crippen LogP contribution in [0.15, 0.2) is 54.6 Å². The standard InChI is InChI=1S/C16H15NO3/c17-16(20)13-8-6-12(7-9-13)14(10-15(18)19)11-4-2-1-3-5-11/h1-9,14H,10H2,(H2,17,20)(H,18,19). The molecule has 102 valence electrons. The molecule has 0 aliphatic carbocycles. The Balaban J connectivity index is 2.36. The van der Waals surface area contributed by atoms with Crippen LogP contribution >= 0.6 is 0 Å². The minimum atomic E-state index is -0.863. The zero-order valence-electron chi connectivity index (χ0n) is 10.8. The summed E-state index contributed by atoms with van der Waals surface area (Å²) in [6.45, 7) is 0. The number of carbonyl (C=O) groups excluding carboxylic acids is 1. The van der Waals surface area contributed by atoms with E-state index in [0.29, 0.717) is 5.56 Å². The second kappa shape index (κ2) is 6.02. The molecule has 4 nitrogen and oxygen atoms in total. The highest BCUT2D eigenvalue weighted by molar-refractivity contribution is 5.92. The van der Waals surface area contributed by atoms with Crippen LogP contribution in [-0.2, 0) is 4.79 Å². The molecule has 2 aromatic carbocycles. The number of nitrogens with two attached hydrogens (primary N) is 1. The normalized spacial score (nSPS) is 11.8. The summed E-state index contributed by atoms with van der Waals surface area (Å²) in [6.07, 6.45) is -0.0000680. The Bertz CT molecular complexity index is 605. The minimum absolute atomic E-state index is 0.0000680. The van der Waals surface area contributed by atoms with Crippen LogP contribution in [0, 0.1) is 0 Å². The molecule has 0 radical (unpaired) electrons. The third-order valence-corrected chi connectivity index (χ3v) is 3.18. The van der Waals surface area contributed by atoms with Crippen LogP contribution in [0.5, 0.6) is 0 Å². The van der Waals surface area contributed by atoms with Gasteiger partial charge in [0.2, 0.25) is 5.91 Å². The Morgan fingerprint density at radius 1 is 0.950 bits per heavy atom. The van der Waals surface area contributed by atoms with Gasteiger partial charge in [0.25, 0.3) is 0 Å². The molecule has 1 unspecified atom stereocenters. The SMILES string of the molecule is NC(=O)c1ccc(C(CC(=O)O)c2ccccc2)cc1. The first-order valence-corrected chi connectivity index (χ1v) is 6.24. The van der Waals surface area contributed by atoms with Gasteiger partial charge < -0.3 is 10.8 Å². The molecule has 0 saturated heterocycles. The quantitative estimate of drug-likeness (QED) is 0.874. The average molecular weight is 269 g/mol.